The van der Waals surface area contributed by atoms with E-state index in [9.17, 15) is 10.2 Å². The summed E-state index contributed by atoms with van der Waals surface area (Å²) in [4.78, 5) is 0. The standard InChI is InChI=1S/C26H38N2O2.2HI/c1-27(2,3)18-20-16-22(10-12-24(20)29)26(14-8-7-9-15-26)23-11-13-25(30)21(17-23)19-28(4,5)6;;/h10-13,16-17H,7-9,14-15,18-19H2,1-6H3;2*1H. The van der Waals surface area contributed by atoms with E-state index in [-0.39, 0.29) is 53.4 Å². The predicted octanol–water partition coefficient (Wildman–Crippen LogP) is -1.23. The van der Waals surface area contributed by atoms with Crippen LogP contribution in [0.5, 0.6) is 11.5 Å². The van der Waals surface area contributed by atoms with Crippen molar-refractivity contribution in [3.63, 3.8) is 0 Å². The predicted molar refractivity (Wildman–Crippen MR) is 124 cm³/mol. The van der Waals surface area contributed by atoms with Crippen molar-refractivity contribution in [3.8, 4) is 11.5 Å². The molecule has 2 aromatic carbocycles. The Balaban J connectivity index is 0.00000256. The molecule has 4 nitrogen and oxygen atoms in total. The van der Waals surface area contributed by atoms with Crippen molar-refractivity contribution in [1.82, 2.24) is 0 Å². The van der Waals surface area contributed by atoms with E-state index in [0.29, 0.717) is 11.5 Å². The summed E-state index contributed by atoms with van der Waals surface area (Å²) in [5.41, 5.74) is 4.56. The number of benzene rings is 2. The zero-order valence-electron chi connectivity index (χ0n) is 20.5. The molecule has 3 rings (SSSR count). The van der Waals surface area contributed by atoms with Gasteiger partial charge in [0.25, 0.3) is 0 Å². The summed E-state index contributed by atoms with van der Waals surface area (Å²) in [6, 6.07) is 12.5. The van der Waals surface area contributed by atoms with Gasteiger partial charge in [0.05, 0.1) is 42.3 Å². The first kappa shape index (κ1) is 29.5. The first-order valence-electron chi connectivity index (χ1n) is 11.2. The molecule has 2 N–H and O–H groups in total. The number of phenolic OH excluding ortho intramolecular Hbond substituents is 2. The van der Waals surface area contributed by atoms with E-state index in [0.717, 1.165) is 46.0 Å². The quantitative estimate of drug-likeness (QED) is 0.300. The normalized spacial score (nSPS) is 16.1. The molecule has 0 atom stereocenters. The average Bonchev–Trinajstić information content (AvgIpc) is 2.63. The molecule has 1 aliphatic rings. The van der Waals surface area contributed by atoms with Gasteiger partial charge >= 0.3 is 0 Å². The van der Waals surface area contributed by atoms with Crippen LogP contribution in [0.15, 0.2) is 36.4 Å². The third-order valence-electron chi connectivity index (χ3n) is 6.26. The van der Waals surface area contributed by atoms with Gasteiger partial charge in [-0.15, -0.1) is 0 Å². The largest absolute Gasteiger partial charge is 1.00 e. The van der Waals surface area contributed by atoms with Gasteiger partial charge in [-0.2, -0.15) is 0 Å². The second kappa shape index (κ2) is 11.2. The van der Waals surface area contributed by atoms with E-state index in [1.165, 1.54) is 30.4 Å². The van der Waals surface area contributed by atoms with E-state index < -0.39 is 0 Å². The number of rotatable bonds is 6. The molecule has 0 spiro atoms. The molecular formula is C26H40I2N2O2. The van der Waals surface area contributed by atoms with Crippen LogP contribution < -0.4 is 48.0 Å². The van der Waals surface area contributed by atoms with E-state index in [4.69, 9.17) is 0 Å². The minimum Gasteiger partial charge on any atom is -1.00 e. The maximum absolute atomic E-state index is 10.5. The molecule has 1 fully saturated rings. The third-order valence-corrected chi connectivity index (χ3v) is 6.26. The van der Waals surface area contributed by atoms with Gasteiger partial charge in [0.15, 0.2) is 0 Å². The van der Waals surface area contributed by atoms with Crippen LogP contribution in [0.25, 0.3) is 0 Å². The fourth-order valence-electron chi connectivity index (χ4n) is 4.94. The van der Waals surface area contributed by atoms with Gasteiger partial charge in [0.2, 0.25) is 0 Å². The molecule has 0 heterocycles. The van der Waals surface area contributed by atoms with E-state index in [2.05, 4.69) is 66.6 Å². The fraction of sp³-hybridized carbons (Fsp3) is 0.538. The first-order chi connectivity index (χ1) is 13.9. The van der Waals surface area contributed by atoms with Crippen LogP contribution in [0.4, 0.5) is 0 Å². The lowest BCUT2D eigenvalue weighted by atomic mass is 9.65. The number of quaternary nitrogens is 2. The summed E-state index contributed by atoms with van der Waals surface area (Å²) < 4.78 is 1.55. The van der Waals surface area contributed by atoms with Crippen molar-refractivity contribution in [1.29, 1.82) is 0 Å². The Morgan fingerprint density at radius 1 is 0.656 bits per heavy atom. The molecule has 2 aromatic rings. The molecule has 0 unspecified atom stereocenters. The second-order valence-electron chi connectivity index (χ2n) is 11.2. The Labute approximate surface area is 228 Å². The minimum atomic E-state index is -0.0566. The zero-order valence-corrected chi connectivity index (χ0v) is 24.8. The average molecular weight is 666 g/mol. The third kappa shape index (κ3) is 7.21. The van der Waals surface area contributed by atoms with Crippen molar-refractivity contribution < 1.29 is 67.1 Å². The molecule has 32 heavy (non-hydrogen) atoms. The van der Waals surface area contributed by atoms with Crippen molar-refractivity contribution in [2.75, 3.05) is 42.3 Å². The molecule has 1 saturated carbocycles. The van der Waals surface area contributed by atoms with E-state index in [1.54, 1.807) is 0 Å². The summed E-state index contributed by atoms with van der Waals surface area (Å²) in [6.45, 7) is 1.58. The summed E-state index contributed by atoms with van der Waals surface area (Å²) in [6.07, 6.45) is 5.90. The molecule has 0 aromatic heterocycles. The van der Waals surface area contributed by atoms with Crippen LogP contribution in [-0.2, 0) is 18.5 Å². The molecule has 0 amide bonds. The lowest BCUT2D eigenvalue weighted by Gasteiger charge is -2.39. The van der Waals surface area contributed by atoms with Crippen LogP contribution in [0.2, 0.25) is 0 Å². The van der Waals surface area contributed by atoms with Crippen molar-refractivity contribution in [2.24, 2.45) is 0 Å². The number of aromatic hydroxyl groups is 2. The van der Waals surface area contributed by atoms with Crippen LogP contribution in [-0.4, -0.2) is 61.5 Å². The van der Waals surface area contributed by atoms with Gasteiger partial charge in [0, 0.05) is 16.5 Å². The highest BCUT2D eigenvalue weighted by Gasteiger charge is 2.37. The maximum Gasteiger partial charge on any atom is 0.124 e. The molecule has 6 heteroatoms. The van der Waals surface area contributed by atoms with Crippen LogP contribution in [0.1, 0.15) is 54.4 Å². The Morgan fingerprint density at radius 2 is 1.03 bits per heavy atom. The molecule has 1 aliphatic carbocycles. The van der Waals surface area contributed by atoms with Crippen LogP contribution in [0, 0.1) is 0 Å². The van der Waals surface area contributed by atoms with Crippen LogP contribution >= 0.6 is 0 Å². The molecule has 0 bridgehead atoms. The van der Waals surface area contributed by atoms with Crippen molar-refractivity contribution in [2.45, 2.75) is 50.6 Å². The Morgan fingerprint density at radius 3 is 1.38 bits per heavy atom. The Kier molecular flexibility index (Phi) is 10.3. The summed E-state index contributed by atoms with van der Waals surface area (Å²) >= 11 is 0. The zero-order chi connectivity index (χ0) is 22.2. The van der Waals surface area contributed by atoms with E-state index >= 15 is 0 Å². The highest BCUT2D eigenvalue weighted by Crippen LogP contribution is 2.46. The summed E-state index contributed by atoms with van der Waals surface area (Å²) in [7, 11) is 12.9. The molecule has 0 aliphatic heterocycles. The number of hydrogen-bond donors (Lipinski definition) is 2. The molecule has 180 valence electrons. The monoisotopic (exact) mass is 666 g/mol. The minimum absolute atomic E-state index is 0. The first-order valence-corrected chi connectivity index (χ1v) is 11.2. The van der Waals surface area contributed by atoms with Gasteiger partial charge in [0.1, 0.15) is 24.6 Å². The number of hydrogen-bond acceptors (Lipinski definition) is 2. The summed E-state index contributed by atoms with van der Waals surface area (Å²) in [5.74, 6) is 0.767. The summed E-state index contributed by atoms with van der Waals surface area (Å²) in [5, 5.41) is 21.0. The van der Waals surface area contributed by atoms with Gasteiger partial charge in [-0.1, -0.05) is 31.4 Å². The van der Waals surface area contributed by atoms with E-state index in [1.807, 2.05) is 12.1 Å². The Bertz CT molecular complexity index is 828. The van der Waals surface area contributed by atoms with Crippen molar-refractivity contribution in [3.05, 3.63) is 58.7 Å². The SMILES string of the molecule is C[N+](C)(C)Cc1cc(C2(c3ccc(O)c(C[N+](C)(C)C)c3)CCCCC2)ccc1O.[I-].[I-]. The second-order valence-corrected chi connectivity index (χ2v) is 11.2. The van der Waals surface area contributed by atoms with Crippen LogP contribution in [0.3, 0.4) is 0 Å². The van der Waals surface area contributed by atoms with Gasteiger partial charge in [-0.3, -0.25) is 0 Å². The van der Waals surface area contributed by atoms with Gasteiger partial charge < -0.3 is 67.1 Å². The molecule has 0 saturated heterocycles. The van der Waals surface area contributed by atoms with Gasteiger partial charge in [-0.05, 0) is 48.2 Å². The topological polar surface area (TPSA) is 40.5 Å². The highest BCUT2D eigenvalue weighted by atomic mass is 127. The number of nitrogens with zero attached hydrogens (tertiary/aromatic N) is 2. The Hall–Kier alpha value is -0.580. The fourth-order valence-corrected chi connectivity index (χ4v) is 4.94. The van der Waals surface area contributed by atoms with Gasteiger partial charge in [-0.25, -0.2) is 0 Å². The van der Waals surface area contributed by atoms with Crippen molar-refractivity contribution >= 4 is 0 Å². The maximum atomic E-state index is 10.5. The lowest BCUT2D eigenvalue weighted by molar-refractivity contribution is -0.884. The number of phenols is 2. The lowest BCUT2D eigenvalue weighted by Crippen LogP contribution is -3.00. The highest BCUT2D eigenvalue weighted by molar-refractivity contribution is 5.48. The smallest absolute Gasteiger partial charge is 0.124 e. The molecule has 0 radical (unpaired) electrons. The molecular weight excluding hydrogens is 626 g/mol. The number of halogens is 2.